The van der Waals surface area contributed by atoms with Crippen LogP contribution in [0.25, 0.3) is 11.3 Å². The third-order valence-electron chi connectivity index (χ3n) is 6.23. The highest BCUT2D eigenvalue weighted by Crippen LogP contribution is 2.43. The summed E-state index contributed by atoms with van der Waals surface area (Å²) in [4.78, 5) is 22.8. The Balaban J connectivity index is 1.43. The van der Waals surface area contributed by atoms with E-state index in [0.29, 0.717) is 18.2 Å². The number of anilines is 3. The number of fused-ring (bicyclic) bond motifs is 3. The van der Waals surface area contributed by atoms with E-state index in [1.807, 2.05) is 0 Å². The summed E-state index contributed by atoms with van der Waals surface area (Å²) in [6, 6.07) is 3.10. The Morgan fingerprint density at radius 3 is 2.50 bits per heavy atom. The van der Waals surface area contributed by atoms with Gasteiger partial charge in [0.1, 0.15) is 5.82 Å². The van der Waals surface area contributed by atoms with E-state index in [9.17, 15) is 0 Å². The molecule has 2 aromatic heterocycles. The van der Waals surface area contributed by atoms with Gasteiger partial charge in [0.25, 0.3) is 0 Å². The van der Waals surface area contributed by atoms with Crippen molar-refractivity contribution in [2.45, 2.75) is 37.5 Å². The van der Waals surface area contributed by atoms with E-state index in [1.54, 1.807) is 12.4 Å². The second kappa shape index (κ2) is 5.26. The summed E-state index contributed by atoms with van der Waals surface area (Å²) in [6.45, 7) is 2.75. The third-order valence-corrected chi connectivity index (χ3v) is 6.23. The van der Waals surface area contributed by atoms with Crippen LogP contribution in [0.1, 0.15) is 19.3 Å². The molecule has 5 fully saturated rings. The van der Waals surface area contributed by atoms with Crippen LogP contribution in [0.15, 0.2) is 18.5 Å². The fourth-order valence-corrected chi connectivity index (χ4v) is 4.77. The first-order chi connectivity index (χ1) is 12.7. The lowest BCUT2D eigenvalue weighted by Crippen LogP contribution is -2.38. The molecular weight excluding hydrogens is 330 g/mol. The molecule has 2 unspecified atom stereocenters. The molecule has 2 atom stereocenters. The number of nitrogens with zero attached hydrogens (tertiary/aromatic N) is 6. The van der Waals surface area contributed by atoms with Gasteiger partial charge >= 0.3 is 0 Å². The summed E-state index contributed by atoms with van der Waals surface area (Å²) in [7, 11) is 0. The van der Waals surface area contributed by atoms with Gasteiger partial charge in [0.05, 0.1) is 24.4 Å². The first-order valence-electron chi connectivity index (χ1n) is 9.35. The smallest absolute Gasteiger partial charge is 0.228 e. The zero-order chi connectivity index (χ0) is 17.3. The van der Waals surface area contributed by atoms with Gasteiger partial charge in [0, 0.05) is 43.2 Å². The van der Waals surface area contributed by atoms with Crippen molar-refractivity contribution in [2.75, 3.05) is 35.2 Å². The van der Waals surface area contributed by atoms with Crippen molar-refractivity contribution in [2.24, 2.45) is 5.92 Å². The van der Waals surface area contributed by atoms with Crippen LogP contribution in [0, 0.1) is 5.92 Å². The third kappa shape index (κ3) is 2.18. The second-order valence-corrected chi connectivity index (χ2v) is 7.88. The molecule has 26 heavy (non-hydrogen) atoms. The minimum Gasteiger partial charge on any atom is -0.374 e. The fraction of sp³-hybridized carbons (Fsp3) is 0.556. The lowest BCUT2D eigenvalue weighted by Gasteiger charge is -2.30. The van der Waals surface area contributed by atoms with Crippen LogP contribution in [-0.4, -0.2) is 57.8 Å². The van der Waals surface area contributed by atoms with Crippen molar-refractivity contribution in [3.8, 4) is 11.3 Å². The minimum atomic E-state index is 0.276. The van der Waals surface area contributed by atoms with E-state index in [2.05, 4.69) is 25.8 Å². The number of ether oxygens (including phenoxy) is 1. The van der Waals surface area contributed by atoms with Gasteiger partial charge in [-0.15, -0.1) is 0 Å². The molecule has 8 heteroatoms. The first-order valence-corrected chi connectivity index (χ1v) is 9.35. The molecule has 0 spiro atoms. The van der Waals surface area contributed by atoms with E-state index >= 15 is 0 Å². The molecular formula is C18H21N7O. The number of nitrogens with two attached hydrogens (primary N) is 1. The molecule has 1 saturated carbocycles. The Morgan fingerprint density at radius 1 is 1.00 bits per heavy atom. The summed E-state index contributed by atoms with van der Waals surface area (Å²) in [5.74, 6) is 2.93. The molecule has 0 aromatic carbocycles. The molecule has 4 saturated heterocycles. The van der Waals surface area contributed by atoms with E-state index < -0.39 is 0 Å². The van der Waals surface area contributed by atoms with E-state index in [0.717, 1.165) is 55.1 Å². The van der Waals surface area contributed by atoms with Crippen LogP contribution >= 0.6 is 0 Å². The second-order valence-electron chi connectivity index (χ2n) is 7.88. The number of morpholine rings is 1. The maximum absolute atomic E-state index is 5.74. The Hall–Kier alpha value is -2.48. The van der Waals surface area contributed by atoms with E-state index in [-0.39, 0.29) is 5.95 Å². The van der Waals surface area contributed by atoms with Crippen molar-refractivity contribution >= 4 is 17.7 Å². The molecule has 5 aliphatic rings. The van der Waals surface area contributed by atoms with Crippen molar-refractivity contribution in [3.05, 3.63) is 18.5 Å². The van der Waals surface area contributed by atoms with Crippen LogP contribution in [-0.2, 0) is 4.74 Å². The fourth-order valence-electron chi connectivity index (χ4n) is 4.77. The zero-order valence-electron chi connectivity index (χ0n) is 14.5. The van der Waals surface area contributed by atoms with Gasteiger partial charge in [-0.25, -0.2) is 15.0 Å². The Kier molecular flexibility index (Phi) is 2.97. The number of hydrogen-bond acceptors (Lipinski definition) is 8. The van der Waals surface area contributed by atoms with Crippen LogP contribution in [0.5, 0.6) is 0 Å². The largest absolute Gasteiger partial charge is 0.374 e. The quantitative estimate of drug-likeness (QED) is 0.878. The van der Waals surface area contributed by atoms with Crippen molar-refractivity contribution in [3.63, 3.8) is 0 Å². The molecule has 2 aromatic rings. The zero-order valence-corrected chi connectivity index (χ0v) is 14.5. The van der Waals surface area contributed by atoms with Gasteiger partial charge in [-0.1, -0.05) is 0 Å². The lowest BCUT2D eigenvalue weighted by atomic mass is 9.86. The summed E-state index contributed by atoms with van der Waals surface area (Å²) in [6.07, 6.45) is 7.45. The number of aromatic nitrogens is 4. The molecule has 134 valence electrons. The molecule has 2 N–H and O–H groups in total. The highest BCUT2D eigenvalue weighted by atomic mass is 16.5. The summed E-state index contributed by atoms with van der Waals surface area (Å²) in [5.41, 5.74) is 7.37. The summed E-state index contributed by atoms with van der Waals surface area (Å²) in [5, 5.41) is 0. The maximum atomic E-state index is 5.74. The van der Waals surface area contributed by atoms with Crippen molar-refractivity contribution in [1.29, 1.82) is 0 Å². The Bertz CT molecular complexity index is 851. The van der Waals surface area contributed by atoms with Gasteiger partial charge in [0.15, 0.2) is 0 Å². The standard InChI is InChI=1S/C18H21N7O/c19-17-20-5-11(6-21-17)15-4-16(24-7-10-1-12(24)2-10)23-18(22-15)25-8-14-3-13(25)9-26-14/h4-6,10,12-14H,1-3,7-9H2,(H2,19,20,21). The van der Waals surface area contributed by atoms with Crippen LogP contribution < -0.4 is 15.5 Å². The normalized spacial score (nSPS) is 31.5. The van der Waals surface area contributed by atoms with Crippen LogP contribution in [0.2, 0.25) is 0 Å². The molecule has 1 aliphatic carbocycles. The van der Waals surface area contributed by atoms with Crippen LogP contribution in [0.3, 0.4) is 0 Å². The van der Waals surface area contributed by atoms with Gasteiger partial charge in [0.2, 0.25) is 11.9 Å². The molecule has 0 amide bonds. The summed E-state index contributed by atoms with van der Waals surface area (Å²) >= 11 is 0. The van der Waals surface area contributed by atoms with Gasteiger partial charge in [-0.05, 0) is 25.2 Å². The lowest BCUT2D eigenvalue weighted by molar-refractivity contribution is 0.0986. The Morgan fingerprint density at radius 2 is 1.85 bits per heavy atom. The highest BCUT2D eigenvalue weighted by molar-refractivity contribution is 5.65. The average molecular weight is 351 g/mol. The number of nitrogen functional groups attached to an aromatic ring is 1. The molecule has 8 nitrogen and oxygen atoms in total. The van der Waals surface area contributed by atoms with Gasteiger partial charge < -0.3 is 20.3 Å². The molecule has 6 heterocycles. The van der Waals surface area contributed by atoms with Gasteiger partial charge in [-0.2, -0.15) is 4.98 Å². The maximum Gasteiger partial charge on any atom is 0.228 e. The topological polar surface area (TPSA) is 93.3 Å². The molecule has 4 bridgehead atoms. The Labute approximate surface area is 151 Å². The minimum absolute atomic E-state index is 0.276. The average Bonchev–Trinajstić information content (AvgIpc) is 3.41. The van der Waals surface area contributed by atoms with Gasteiger partial charge in [-0.3, -0.25) is 0 Å². The number of hydrogen-bond donors (Lipinski definition) is 1. The predicted molar refractivity (Wildman–Crippen MR) is 96.8 cm³/mol. The van der Waals surface area contributed by atoms with E-state index in [1.165, 1.54) is 12.8 Å². The molecule has 7 rings (SSSR count). The molecule has 0 radical (unpaired) electrons. The number of rotatable bonds is 3. The monoisotopic (exact) mass is 351 g/mol. The summed E-state index contributed by atoms with van der Waals surface area (Å²) < 4.78 is 5.74. The predicted octanol–water partition coefficient (Wildman–Crippen LogP) is 1.09. The van der Waals surface area contributed by atoms with Crippen molar-refractivity contribution in [1.82, 2.24) is 19.9 Å². The molecule has 4 aliphatic heterocycles. The van der Waals surface area contributed by atoms with Crippen molar-refractivity contribution < 1.29 is 4.74 Å². The van der Waals surface area contributed by atoms with E-state index in [4.69, 9.17) is 20.4 Å². The first kappa shape index (κ1) is 14.7. The SMILES string of the molecule is Nc1ncc(-c2cc(N3CC4CC3C4)nc(N3CC4CC3CO4)n2)cn1. The van der Waals surface area contributed by atoms with Crippen LogP contribution in [0.4, 0.5) is 17.7 Å². The highest BCUT2D eigenvalue weighted by Gasteiger charge is 2.44.